The van der Waals surface area contributed by atoms with Gasteiger partial charge in [-0.05, 0) is 30.7 Å². The molecule has 0 amide bonds. The molecule has 268 valence electrons. The van der Waals surface area contributed by atoms with Crippen molar-refractivity contribution in [3.05, 3.63) is 29.8 Å². The van der Waals surface area contributed by atoms with E-state index in [2.05, 4.69) is 6.92 Å². The van der Waals surface area contributed by atoms with E-state index in [0.29, 0.717) is 12.4 Å². The highest BCUT2D eigenvalue weighted by Gasteiger charge is 2.30. The molecule has 0 unspecified atom stereocenters. The largest absolute Gasteiger partial charge is 0.494 e. The molecule has 0 saturated heterocycles. The zero-order chi connectivity index (χ0) is 33.7. The van der Waals surface area contributed by atoms with Crippen LogP contribution in [0.15, 0.2) is 24.3 Å². The van der Waals surface area contributed by atoms with Crippen LogP contribution in [0.3, 0.4) is 0 Å². The number of benzene rings is 1. The van der Waals surface area contributed by atoms with Crippen molar-refractivity contribution in [3.63, 3.8) is 0 Å². The van der Waals surface area contributed by atoms with E-state index in [1.54, 1.807) is 24.3 Å². The number of rotatable bonds is 32. The van der Waals surface area contributed by atoms with E-state index < -0.39 is 43.6 Å². The second-order valence-corrected chi connectivity index (χ2v) is 13.0. The standard InChI is InChI=1S/C38H68O8/c1-2-3-4-5-6-7-8-9-10-11-12-13-14-15-16-17-18-19-20-21-22-23-24-29-45-33-27-25-32(26-28-33)38(44)46-31-35(41)37(43)36(42)34(40)30-39/h25-28,34-37,39-43H,2-24,29-31H2,1H3/t34-,35+,36+,37+/m0/s1. The molecule has 0 spiro atoms. The van der Waals surface area contributed by atoms with E-state index in [0.717, 1.165) is 12.8 Å². The Morgan fingerprint density at radius 3 is 1.33 bits per heavy atom. The SMILES string of the molecule is CCCCCCCCCCCCCCCCCCCCCCCCCOc1ccc(C(=O)OC[C@@H](O)[C@@H](O)[C@H](O)[C@@H](O)CO)cc1. The van der Waals surface area contributed by atoms with Crippen molar-refractivity contribution in [2.45, 2.75) is 179 Å². The summed E-state index contributed by atoms with van der Waals surface area (Å²) in [6.45, 7) is 1.55. The summed E-state index contributed by atoms with van der Waals surface area (Å²) in [6, 6.07) is 6.48. The lowest BCUT2D eigenvalue weighted by atomic mass is 10.0. The summed E-state index contributed by atoms with van der Waals surface area (Å²) < 4.78 is 10.8. The molecule has 8 nitrogen and oxygen atoms in total. The molecule has 0 aliphatic carbocycles. The number of carbonyl (C=O) groups is 1. The second kappa shape index (κ2) is 29.4. The first-order valence-corrected chi connectivity index (χ1v) is 18.6. The lowest BCUT2D eigenvalue weighted by molar-refractivity contribution is -0.124. The van der Waals surface area contributed by atoms with Crippen molar-refractivity contribution in [1.29, 1.82) is 0 Å². The number of aliphatic hydroxyl groups is 5. The summed E-state index contributed by atoms with van der Waals surface area (Å²) in [7, 11) is 0. The quantitative estimate of drug-likeness (QED) is 0.0396. The van der Waals surface area contributed by atoms with Gasteiger partial charge in [-0.2, -0.15) is 0 Å². The predicted octanol–water partition coefficient (Wildman–Crippen LogP) is 7.65. The summed E-state index contributed by atoms with van der Waals surface area (Å²) in [5, 5.41) is 47.5. The molecule has 0 radical (unpaired) electrons. The number of esters is 1. The van der Waals surface area contributed by atoms with Gasteiger partial charge in [0.1, 0.15) is 36.8 Å². The zero-order valence-electron chi connectivity index (χ0n) is 29.0. The van der Waals surface area contributed by atoms with E-state index in [1.807, 2.05) is 0 Å². The van der Waals surface area contributed by atoms with Crippen LogP contribution in [-0.2, 0) is 4.74 Å². The Kier molecular flexibility index (Phi) is 27.1. The third kappa shape index (κ3) is 22.0. The van der Waals surface area contributed by atoms with E-state index in [4.69, 9.17) is 14.6 Å². The summed E-state index contributed by atoms with van der Waals surface area (Å²) in [5.74, 6) is -0.0447. The minimum Gasteiger partial charge on any atom is -0.494 e. The Balaban J connectivity index is 1.90. The van der Waals surface area contributed by atoms with Crippen molar-refractivity contribution in [2.75, 3.05) is 19.8 Å². The fourth-order valence-corrected chi connectivity index (χ4v) is 5.67. The van der Waals surface area contributed by atoms with Crippen molar-refractivity contribution in [3.8, 4) is 5.75 Å². The first-order chi connectivity index (χ1) is 22.4. The molecule has 1 aromatic rings. The van der Waals surface area contributed by atoms with Crippen molar-refractivity contribution in [2.24, 2.45) is 0 Å². The van der Waals surface area contributed by atoms with Gasteiger partial charge in [0.25, 0.3) is 0 Å². The van der Waals surface area contributed by atoms with Crippen LogP contribution in [0.1, 0.15) is 165 Å². The van der Waals surface area contributed by atoms with Gasteiger partial charge in [0.15, 0.2) is 0 Å². The lowest BCUT2D eigenvalue weighted by Crippen LogP contribution is -2.47. The van der Waals surface area contributed by atoms with Crippen LogP contribution in [-0.4, -0.2) is 75.7 Å². The smallest absolute Gasteiger partial charge is 0.338 e. The average Bonchev–Trinajstić information content (AvgIpc) is 3.08. The van der Waals surface area contributed by atoms with Crippen molar-refractivity contribution < 1.29 is 39.8 Å². The highest BCUT2D eigenvalue weighted by atomic mass is 16.5. The van der Waals surface area contributed by atoms with Crippen LogP contribution in [0, 0.1) is 0 Å². The molecule has 0 aliphatic heterocycles. The molecule has 1 aromatic carbocycles. The molecule has 5 N–H and O–H groups in total. The van der Waals surface area contributed by atoms with Crippen LogP contribution in [0.2, 0.25) is 0 Å². The van der Waals surface area contributed by atoms with Gasteiger partial charge in [-0.25, -0.2) is 4.79 Å². The van der Waals surface area contributed by atoms with Crippen LogP contribution < -0.4 is 4.74 Å². The van der Waals surface area contributed by atoms with Gasteiger partial charge < -0.3 is 35.0 Å². The maximum absolute atomic E-state index is 12.2. The zero-order valence-corrected chi connectivity index (χ0v) is 29.0. The Labute approximate surface area is 279 Å². The molecule has 0 aromatic heterocycles. The van der Waals surface area contributed by atoms with Gasteiger partial charge in [-0.1, -0.05) is 148 Å². The van der Waals surface area contributed by atoms with E-state index in [1.165, 1.54) is 135 Å². The Hall–Kier alpha value is -1.71. The number of unbranched alkanes of at least 4 members (excludes halogenated alkanes) is 22. The Bertz CT molecular complexity index is 817. The van der Waals surface area contributed by atoms with Gasteiger partial charge in [0, 0.05) is 0 Å². The van der Waals surface area contributed by atoms with E-state index in [9.17, 15) is 25.2 Å². The third-order valence-electron chi connectivity index (χ3n) is 8.82. The molecular weight excluding hydrogens is 584 g/mol. The van der Waals surface area contributed by atoms with Gasteiger partial charge in [0.2, 0.25) is 0 Å². The van der Waals surface area contributed by atoms with Crippen LogP contribution >= 0.6 is 0 Å². The molecule has 0 heterocycles. The first kappa shape index (κ1) is 42.3. The van der Waals surface area contributed by atoms with Gasteiger partial charge in [-0.15, -0.1) is 0 Å². The molecular formula is C38H68O8. The van der Waals surface area contributed by atoms with Gasteiger partial charge >= 0.3 is 5.97 Å². The molecule has 8 heteroatoms. The maximum Gasteiger partial charge on any atom is 0.338 e. The second-order valence-electron chi connectivity index (χ2n) is 13.0. The summed E-state index contributed by atoms with van der Waals surface area (Å²) in [6.07, 6.45) is 24.6. The van der Waals surface area contributed by atoms with Crippen LogP contribution in [0.4, 0.5) is 0 Å². The van der Waals surface area contributed by atoms with Crippen molar-refractivity contribution >= 4 is 5.97 Å². The predicted molar refractivity (Wildman–Crippen MR) is 185 cm³/mol. The normalized spacial score (nSPS) is 14.1. The highest BCUT2D eigenvalue weighted by Crippen LogP contribution is 2.17. The molecule has 4 atom stereocenters. The Morgan fingerprint density at radius 2 is 0.935 bits per heavy atom. The van der Waals surface area contributed by atoms with Crippen molar-refractivity contribution in [1.82, 2.24) is 0 Å². The topological polar surface area (TPSA) is 137 Å². The fourth-order valence-electron chi connectivity index (χ4n) is 5.67. The monoisotopic (exact) mass is 652 g/mol. The molecule has 0 saturated carbocycles. The fraction of sp³-hybridized carbons (Fsp3) is 0.816. The van der Waals surface area contributed by atoms with Gasteiger partial charge in [-0.3, -0.25) is 0 Å². The molecule has 0 fully saturated rings. The van der Waals surface area contributed by atoms with Crippen LogP contribution in [0.25, 0.3) is 0 Å². The molecule has 1 rings (SSSR count). The number of hydrogen-bond acceptors (Lipinski definition) is 8. The summed E-state index contributed by atoms with van der Waals surface area (Å²) in [4.78, 5) is 12.2. The van der Waals surface area contributed by atoms with Crippen LogP contribution in [0.5, 0.6) is 5.75 Å². The minimum atomic E-state index is -1.78. The minimum absolute atomic E-state index is 0.254. The lowest BCUT2D eigenvalue weighted by Gasteiger charge is -2.25. The average molecular weight is 653 g/mol. The third-order valence-corrected chi connectivity index (χ3v) is 8.82. The highest BCUT2D eigenvalue weighted by molar-refractivity contribution is 5.89. The number of aliphatic hydroxyl groups excluding tert-OH is 5. The first-order valence-electron chi connectivity index (χ1n) is 18.6. The number of hydrogen-bond donors (Lipinski definition) is 5. The van der Waals surface area contributed by atoms with E-state index in [-0.39, 0.29) is 5.56 Å². The summed E-state index contributed by atoms with van der Waals surface area (Å²) >= 11 is 0. The Morgan fingerprint density at radius 1 is 0.565 bits per heavy atom. The summed E-state index contributed by atoms with van der Waals surface area (Å²) in [5.41, 5.74) is 0.254. The molecule has 0 aliphatic rings. The van der Waals surface area contributed by atoms with E-state index >= 15 is 0 Å². The molecule has 46 heavy (non-hydrogen) atoms. The van der Waals surface area contributed by atoms with Gasteiger partial charge in [0.05, 0.1) is 18.8 Å². The number of ether oxygens (including phenoxy) is 2. The maximum atomic E-state index is 12.2. The number of carbonyl (C=O) groups excluding carboxylic acids is 1. The molecule has 0 bridgehead atoms.